The Hall–Kier alpha value is -0.950. The lowest BCUT2D eigenvalue weighted by Gasteiger charge is -2.10. The summed E-state index contributed by atoms with van der Waals surface area (Å²) in [6, 6.07) is -0.761. The Morgan fingerprint density at radius 2 is 2.38 bits per heavy atom. The lowest BCUT2D eigenvalue weighted by atomic mass is 9.99. The van der Waals surface area contributed by atoms with Gasteiger partial charge in [-0.15, -0.1) is 0 Å². The van der Waals surface area contributed by atoms with Crippen LogP contribution in [-0.4, -0.2) is 33.2 Å². The van der Waals surface area contributed by atoms with Crippen LogP contribution in [-0.2, 0) is 14.6 Å². The van der Waals surface area contributed by atoms with Crippen LogP contribution in [0.1, 0.15) is 12.8 Å². The lowest BCUT2D eigenvalue weighted by Crippen LogP contribution is -2.27. The Bertz CT molecular complexity index is 405. The minimum Gasteiger partial charge on any atom is -0.356 e. The number of carbonyl (C=O) groups excluding carboxylic acids is 1. The molecule has 0 aromatic rings. The van der Waals surface area contributed by atoms with E-state index in [-0.39, 0.29) is 18.2 Å². The van der Waals surface area contributed by atoms with Crippen molar-refractivity contribution in [3.05, 3.63) is 11.2 Å². The summed E-state index contributed by atoms with van der Waals surface area (Å²) in [5.41, 5.74) is 5.55. The van der Waals surface area contributed by atoms with Crippen LogP contribution in [0.25, 0.3) is 0 Å². The molecular formula is C9H15FN2O3S. The molecule has 92 valence electrons. The van der Waals surface area contributed by atoms with Crippen LogP contribution in [0.2, 0.25) is 0 Å². The smallest absolute Gasteiger partial charge is 0.223 e. The van der Waals surface area contributed by atoms with Gasteiger partial charge in [0, 0.05) is 24.8 Å². The topological polar surface area (TPSA) is 89.3 Å². The first-order chi connectivity index (χ1) is 7.30. The van der Waals surface area contributed by atoms with Crippen LogP contribution in [0.3, 0.4) is 0 Å². The van der Waals surface area contributed by atoms with E-state index in [1.165, 1.54) is 0 Å². The van der Waals surface area contributed by atoms with Gasteiger partial charge in [-0.05, 0) is 18.9 Å². The Labute approximate surface area is 93.8 Å². The highest BCUT2D eigenvalue weighted by Crippen LogP contribution is 2.17. The Morgan fingerprint density at radius 3 is 2.81 bits per heavy atom. The Morgan fingerprint density at radius 1 is 1.75 bits per heavy atom. The molecule has 1 saturated heterocycles. The van der Waals surface area contributed by atoms with Gasteiger partial charge in [0.15, 0.2) is 0 Å². The third-order valence-electron chi connectivity index (χ3n) is 2.42. The molecule has 0 bridgehead atoms. The van der Waals surface area contributed by atoms with E-state index in [2.05, 4.69) is 5.32 Å². The zero-order chi connectivity index (χ0) is 12.3. The second-order valence-corrected chi connectivity index (χ2v) is 5.85. The summed E-state index contributed by atoms with van der Waals surface area (Å²) < 4.78 is 34.6. The molecule has 1 aliphatic heterocycles. The van der Waals surface area contributed by atoms with E-state index in [4.69, 9.17) is 5.73 Å². The SMILES string of the molecule is CS(=O)(=O)/C(F)=C\[C@@H](N)C[C@@H]1CCNC1=O. The van der Waals surface area contributed by atoms with Crippen LogP contribution >= 0.6 is 0 Å². The number of nitrogens with two attached hydrogens (primary N) is 1. The second-order valence-electron chi connectivity index (χ2n) is 3.92. The van der Waals surface area contributed by atoms with Gasteiger partial charge in [-0.1, -0.05) is 0 Å². The quantitative estimate of drug-likeness (QED) is 0.716. The van der Waals surface area contributed by atoms with Gasteiger partial charge in [-0.3, -0.25) is 4.79 Å². The van der Waals surface area contributed by atoms with E-state index >= 15 is 0 Å². The van der Waals surface area contributed by atoms with Crippen molar-refractivity contribution in [2.24, 2.45) is 11.7 Å². The molecule has 0 aromatic carbocycles. The van der Waals surface area contributed by atoms with Crippen molar-refractivity contribution in [1.29, 1.82) is 0 Å². The zero-order valence-corrected chi connectivity index (χ0v) is 9.76. The summed E-state index contributed by atoms with van der Waals surface area (Å²) >= 11 is 0. The molecule has 1 rings (SSSR count). The fourth-order valence-corrected chi connectivity index (χ4v) is 1.98. The molecule has 16 heavy (non-hydrogen) atoms. The molecule has 1 fully saturated rings. The number of hydrogen-bond acceptors (Lipinski definition) is 4. The lowest BCUT2D eigenvalue weighted by molar-refractivity contribution is -0.122. The van der Waals surface area contributed by atoms with E-state index in [1.807, 2.05) is 0 Å². The van der Waals surface area contributed by atoms with Gasteiger partial charge in [0.05, 0.1) is 0 Å². The summed E-state index contributed by atoms with van der Waals surface area (Å²) in [7, 11) is -3.83. The highest BCUT2D eigenvalue weighted by atomic mass is 32.2. The highest BCUT2D eigenvalue weighted by Gasteiger charge is 2.26. The summed E-state index contributed by atoms with van der Waals surface area (Å²) in [5.74, 6) is -0.359. The number of carbonyl (C=O) groups is 1. The average Bonchev–Trinajstić information content (AvgIpc) is 2.50. The maximum atomic E-state index is 13.0. The predicted octanol–water partition coefficient (Wildman–Crippen LogP) is -0.305. The normalized spacial score (nSPS) is 24.3. The molecule has 5 nitrogen and oxygen atoms in total. The molecule has 3 N–H and O–H groups in total. The summed E-state index contributed by atoms with van der Waals surface area (Å²) in [4.78, 5) is 11.2. The van der Waals surface area contributed by atoms with Crippen LogP contribution in [0, 0.1) is 5.92 Å². The Balaban J connectivity index is 2.59. The van der Waals surface area contributed by atoms with E-state index in [1.54, 1.807) is 0 Å². The van der Waals surface area contributed by atoms with Gasteiger partial charge in [-0.25, -0.2) is 8.42 Å². The first-order valence-electron chi connectivity index (χ1n) is 4.91. The number of hydrogen-bond donors (Lipinski definition) is 2. The first kappa shape index (κ1) is 13.1. The molecule has 0 aromatic heterocycles. The van der Waals surface area contributed by atoms with Crippen molar-refractivity contribution in [2.75, 3.05) is 12.8 Å². The first-order valence-corrected chi connectivity index (χ1v) is 6.80. The van der Waals surface area contributed by atoms with Crippen molar-refractivity contribution in [3.8, 4) is 0 Å². The number of sulfone groups is 1. The van der Waals surface area contributed by atoms with E-state index in [9.17, 15) is 17.6 Å². The number of halogens is 1. The molecule has 1 heterocycles. The molecule has 0 saturated carbocycles. The maximum Gasteiger partial charge on any atom is 0.223 e. The number of rotatable bonds is 4. The summed E-state index contributed by atoms with van der Waals surface area (Å²) in [6.07, 6.45) is 2.53. The molecule has 0 spiro atoms. The average molecular weight is 250 g/mol. The van der Waals surface area contributed by atoms with E-state index in [0.717, 1.165) is 12.3 Å². The summed E-state index contributed by atoms with van der Waals surface area (Å²) in [5, 5.41) is 1.39. The second kappa shape index (κ2) is 4.92. The third-order valence-corrected chi connectivity index (χ3v) is 3.26. The Kier molecular flexibility index (Phi) is 4.03. The fourth-order valence-electron chi connectivity index (χ4n) is 1.56. The molecule has 7 heteroatoms. The molecular weight excluding hydrogens is 235 g/mol. The van der Waals surface area contributed by atoms with Crippen LogP contribution in [0.4, 0.5) is 4.39 Å². The van der Waals surface area contributed by atoms with Crippen molar-refractivity contribution < 1.29 is 17.6 Å². The van der Waals surface area contributed by atoms with Gasteiger partial charge in [-0.2, -0.15) is 4.39 Å². The van der Waals surface area contributed by atoms with Crippen molar-refractivity contribution in [3.63, 3.8) is 0 Å². The van der Waals surface area contributed by atoms with Crippen molar-refractivity contribution in [1.82, 2.24) is 5.32 Å². The maximum absolute atomic E-state index is 13.0. The molecule has 0 unspecified atom stereocenters. The van der Waals surface area contributed by atoms with Gasteiger partial charge in [0.1, 0.15) is 0 Å². The third kappa shape index (κ3) is 3.57. The molecule has 2 atom stereocenters. The van der Waals surface area contributed by atoms with Crippen LogP contribution < -0.4 is 11.1 Å². The van der Waals surface area contributed by atoms with Gasteiger partial charge >= 0.3 is 0 Å². The largest absolute Gasteiger partial charge is 0.356 e. The van der Waals surface area contributed by atoms with Crippen molar-refractivity contribution in [2.45, 2.75) is 18.9 Å². The van der Waals surface area contributed by atoms with Crippen LogP contribution in [0.15, 0.2) is 11.2 Å². The van der Waals surface area contributed by atoms with Crippen LogP contribution in [0.5, 0.6) is 0 Å². The minimum atomic E-state index is -3.83. The highest BCUT2D eigenvalue weighted by molar-refractivity contribution is 7.94. The molecule has 0 aliphatic carbocycles. The van der Waals surface area contributed by atoms with E-state index < -0.39 is 21.0 Å². The van der Waals surface area contributed by atoms with Gasteiger partial charge in [0.25, 0.3) is 0 Å². The predicted molar refractivity (Wildman–Crippen MR) is 57.7 cm³/mol. The standard InChI is InChI=1S/C9H15FN2O3S/c1-16(14,15)8(10)5-7(11)4-6-2-3-12-9(6)13/h5-7H,2-4,11H2,1H3,(H,12,13)/b8-5-/t6-,7-/m0/s1. The molecule has 1 amide bonds. The van der Waals surface area contributed by atoms with Crippen molar-refractivity contribution >= 4 is 15.7 Å². The number of nitrogens with one attached hydrogen (secondary N) is 1. The van der Waals surface area contributed by atoms with E-state index in [0.29, 0.717) is 13.0 Å². The molecule has 0 radical (unpaired) electrons. The number of amides is 1. The zero-order valence-electron chi connectivity index (χ0n) is 8.94. The monoisotopic (exact) mass is 250 g/mol. The minimum absolute atomic E-state index is 0.108. The van der Waals surface area contributed by atoms with Gasteiger partial charge < -0.3 is 11.1 Å². The molecule has 1 aliphatic rings. The van der Waals surface area contributed by atoms with Gasteiger partial charge in [0.2, 0.25) is 20.9 Å². The summed E-state index contributed by atoms with van der Waals surface area (Å²) in [6.45, 7) is 0.592. The fraction of sp³-hybridized carbons (Fsp3) is 0.667.